The van der Waals surface area contributed by atoms with Crippen LogP contribution in [0.4, 0.5) is 0 Å². The van der Waals surface area contributed by atoms with Crippen molar-refractivity contribution in [3.05, 3.63) is 22.4 Å². The average molecular weight is 264 g/mol. The Morgan fingerprint density at radius 1 is 1.50 bits per heavy atom. The van der Waals surface area contributed by atoms with E-state index in [-0.39, 0.29) is 0 Å². The SMILES string of the molecule is O=C(C[C@@H]1CCNC1)N1CCCC1c1ccsc1. The standard InChI is InChI=1S/C14H20N2OS/c17-14(8-11-3-5-15-9-11)16-6-1-2-13(16)12-4-7-18-10-12/h4,7,10-11,13,15H,1-3,5-6,8-9H2/t11-,13?/m0/s1. The zero-order chi connectivity index (χ0) is 12.4. The van der Waals surface area contributed by atoms with Crippen molar-refractivity contribution in [1.29, 1.82) is 0 Å². The molecule has 3 heterocycles. The molecule has 2 aliphatic heterocycles. The molecule has 0 saturated carbocycles. The van der Waals surface area contributed by atoms with Crippen LogP contribution in [0.3, 0.4) is 0 Å². The summed E-state index contributed by atoms with van der Waals surface area (Å²) in [5.74, 6) is 0.915. The lowest BCUT2D eigenvalue weighted by atomic mass is 10.0. The van der Waals surface area contributed by atoms with Crippen LogP contribution in [0.15, 0.2) is 16.8 Å². The Morgan fingerprint density at radius 2 is 2.44 bits per heavy atom. The molecule has 1 aromatic heterocycles. The quantitative estimate of drug-likeness (QED) is 0.909. The van der Waals surface area contributed by atoms with Crippen molar-refractivity contribution in [2.45, 2.75) is 31.7 Å². The molecule has 0 aromatic carbocycles. The van der Waals surface area contributed by atoms with Crippen LogP contribution < -0.4 is 5.32 Å². The molecule has 1 N–H and O–H groups in total. The van der Waals surface area contributed by atoms with Crippen molar-refractivity contribution in [2.24, 2.45) is 5.92 Å². The third-order valence-corrected chi connectivity index (χ3v) is 4.83. The summed E-state index contributed by atoms with van der Waals surface area (Å²) in [6.07, 6.45) is 4.16. The Labute approximate surface area is 112 Å². The lowest BCUT2D eigenvalue weighted by molar-refractivity contribution is -0.133. The van der Waals surface area contributed by atoms with E-state index in [1.165, 1.54) is 5.56 Å². The van der Waals surface area contributed by atoms with Gasteiger partial charge in [0.15, 0.2) is 0 Å². The summed E-state index contributed by atoms with van der Waals surface area (Å²) < 4.78 is 0. The molecule has 2 saturated heterocycles. The van der Waals surface area contributed by atoms with E-state index < -0.39 is 0 Å². The molecule has 18 heavy (non-hydrogen) atoms. The predicted octanol–water partition coefficient (Wildman–Crippen LogP) is 2.41. The predicted molar refractivity (Wildman–Crippen MR) is 73.6 cm³/mol. The molecule has 0 aliphatic carbocycles. The summed E-state index contributed by atoms with van der Waals surface area (Å²) in [6.45, 7) is 3.04. The third-order valence-electron chi connectivity index (χ3n) is 4.13. The monoisotopic (exact) mass is 264 g/mol. The highest BCUT2D eigenvalue weighted by molar-refractivity contribution is 7.07. The first kappa shape index (κ1) is 12.2. The molecule has 3 nitrogen and oxygen atoms in total. The summed E-state index contributed by atoms with van der Waals surface area (Å²) in [5.41, 5.74) is 1.33. The van der Waals surface area contributed by atoms with E-state index in [0.29, 0.717) is 17.9 Å². The molecule has 2 fully saturated rings. The summed E-state index contributed by atoms with van der Waals surface area (Å²) in [5, 5.41) is 7.63. The molecule has 0 spiro atoms. The smallest absolute Gasteiger partial charge is 0.223 e. The van der Waals surface area contributed by atoms with Gasteiger partial charge in [-0.2, -0.15) is 11.3 Å². The van der Waals surface area contributed by atoms with Gasteiger partial charge in [-0.25, -0.2) is 0 Å². The van der Waals surface area contributed by atoms with E-state index in [2.05, 4.69) is 27.0 Å². The number of carbonyl (C=O) groups is 1. The van der Waals surface area contributed by atoms with Gasteiger partial charge in [-0.1, -0.05) is 0 Å². The Kier molecular flexibility index (Phi) is 3.66. The zero-order valence-corrected chi connectivity index (χ0v) is 11.4. The van der Waals surface area contributed by atoms with Gasteiger partial charge in [0, 0.05) is 13.0 Å². The molecule has 2 atom stereocenters. The van der Waals surface area contributed by atoms with Crippen LogP contribution in [0.2, 0.25) is 0 Å². The fourth-order valence-corrected chi connectivity index (χ4v) is 3.84. The highest BCUT2D eigenvalue weighted by atomic mass is 32.1. The molecule has 0 radical (unpaired) electrons. The van der Waals surface area contributed by atoms with Gasteiger partial charge in [0.25, 0.3) is 0 Å². The van der Waals surface area contributed by atoms with Gasteiger partial charge >= 0.3 is 0 Å². The van der Waals surface area contributed by atoms with Crippen LogP contribution in [0.5, 0.6) is 0 Å². The molecular weight excluding hydrogens is 244 g/mol. The average Bonchev–Trinajstić information content (AvgIpc) is 3.11. The maximum absolute atomic E-state index is 12.4. The van der Waals surface area contributed by atoms with Gasteiger partial charge in [-0.3, -0.25) is 4.79 Å². The Morgan fingerprint density at radius 3 is 3.17 bits per heavy atom. The first-order valence-electron chi connectivity index (χ1n) is 6.87. The number of rotatable bonds is 3. The second-order valence-corrected chi connectivity index (χ2v) is 6.14. The van der Waals surface area contributed by atoms with Crippen molar-refractivity contribution in [3.63, 3.8) is 0 Å². The fourth-order valence-electron chi connectivity index (χ4n) is 3.13. The van der Waals surface area contributed by atoms with Crippen LogP contribution in [-0.4, -0.2) is 30.4 Å². The van der Waals surface area contributed by atoms with Gasteiger partial charge < -0.3 is 10.2 Å². The molecule has 1 aromatic rings. The van der Waals surface area contributed by atoms with E-state index in [0.717, 1.165) is 45.3 Å². The van der Waals surface area contributed by atoms with E-state index in [1.54, 1.807) is 11.3 Å². The van der Waals surface area contributed by atoms with E-state index >= 15 is 0 Å². The summed E-state index contributed by atoms with van der Waals surface area (Å²) >= 11 is 1.73. The topological polar surface area (TPSA) is 32.3 Å². The van der Waals surface area contributed by atoms with E-state index in [9.17, 15) is 4.79 Å². The molecule has 1 amide bonds. The molecule has 2 aliphatic rings. The normalized spacial score (nSPS) is 27.9. The molecule has 0 bridgehead atoms. The number of hydrogen-bond acceptors (Lipinski definition) is 3. The second-order valence-electron chi connectivity index (χ2n) is 5.36. The van der Waals surface area contributed by atoms with Crippen LogP contribution in [0, 0.1) is 5.92 Å². The van der Waals surface area contributed by atoms with Gasteiger partial charge in [0.2, 0.25) is 5.91 Å². The van der Waals surface area contributed by atoms with Gasteiger partial charge in [0.05, 0.1) is 6.04 Å². The lowest BCUT2D eigenvalue weighted by Crippen LogP contribution is -2.32. The number of amides is 1. The van der Waals surface area contributed by atoms with Crippen LogP contribution in [0.1, 0.15) is 37.3 Å². The highest BCUT2D eigenvalue weighted by Crippen LogP contribution is 2.34. The molecule has 1 unspecified atom stereocenters. The van der Waals surface area contributed by atoms with E-state index in [1.807, 2.05) is 0 Å². The van der Waals surface area contributed by atoms with Gasteiger partial charge in [-0.05, 0) is 60.7 Å². The Balaban J connectivity index is 1.65. The van der Waals surface area contributed by atoms with Crippen molar-refractivity contribution in [1.82, 2.24) is 10.2 Å². The highest BCUT2D eigenvalue weighted by Gasteiger charge is 2.31. The summed E-state index contributed by atoms with van der Waals surface area (Å²) in [7, 11) is 0. The Bertz CT molecular complexity index is 398. The van der Waals surface area contributed by atoms with Crippen molar-refractivity contribution < 1.29 is 4.79 Å². The van der Waals surface area contributed by atoms with Crippen molar-refractivity contribution >= 4 is 17.2 Å². The minimum Gasteiger partial charge on any atom is -0.336 e. The first-order chi connectivity index (χ1) is 8.84. The zero-order valence-electron chi connectivity index (χ0n) is 10.6. The number of nitrogens with zero attached hydrogens (tertiary/aromatic N) is 1. The van der Waals surface area contributed by atoms with E-state index in [4.69, 9.17) is 0 Å². The van der Waals surface area contributed by atoms with Crippen molar-refractivity contribution in [2.75, 3.05) is 19.6 Å². The fraction of sp³-hybridized carbons (Fsp3) is 0.643. The summed E-state index contributed by atoms with van der Waals surface area (Å²) in [6, 6.07) is 2.51. The Hall–Kier alpha value is -0.870. The number of likely N-dealkylation sites (tertiary alicyclic amines) is 1. The number of nitrogens with one attached hydrogen (secondary N) is 1. The van der Waals surface area contributed by atoms with Gasteiger partial charge in [-0.15, -0.1) is 0 Å². The second kappa shape index (κ2) is 5.41. The molecule has 4 heteroatoms. The molecule has 3 rings (SSSR count). The maximum Gasteiger partial charge on any atom is 0.223 e. The minimum atomic E-state index is 0.345. The lowest BCUT2D eigenvalue weighted by Gasteiger charge is -2.25. The van der Waals surface area contributed by atoms with Crippen LogP contribution in [-0.2, 0) is 4.79 Å². The molecule has 98 valence electrons. The third kappa shape index (κ3) is 2.45. The van der Waals surface area contributed by atoms with Crippen molar-refractivity contribution in [3.8, 4) is 0 Å². The number of thiophene rings is 1. The first-order valence-corrected chi connectivity index (χ1v) is 7.81. The summed E-state index contributed by atoms with van der Waals surface area (Å²) in [4.78, 5) is 14.5. The van der Waals surface area contributed by atoms with Gasteiger partial charge in [0.1, 0.15) is 0 Å². The largest absolute Gasteiger partial charge is 0.336 e. The minimum absolute atomic E-state index is 0.345. The van der Waals surface area contributed by atoms with Crippen LogP contribution in [0.25, 0.3) is 0 Å². The number of carbonyl (C=O) groups excluding carboxylic acids is 1. The maximum atomic E-state index is 12.4. The number of hydrogen-bond donors (Lipinski definition) is 1. The van der Waals surface area contributed by atoms with Crippen LogP contribution >= 0.6 is 11.3 Å². The molecular formula is C14H20N2OS.